The number of hydrogen-bond acceptors (Lipinski definition) is 4. The molecule has 1 amide bonds. The lowest BCUT2D eigenvalue weighted by Crippen LogP contribution is -2.51. The Morgan fingerprint density at radius 1 is 1.40 bits per heavy atom. The Morgan fingerprint density at radius 3 is 2.80 bits per heavy atom. The van der Waals surface area contributed by atoms with Crippen LogP contribution in [-0.4, -0.2) is 46.0 Å². The normalized spacial score (nSPS) is 21.4. The Balaban J connectivity index is 1.93. The van der Waals surface area contributed by atoms with Gasteiger partial charge in [0.25, 0.3) is 0 Å². The zero-order chi connectivity index (χ0) is 18.5. The summed E-state index contributed by atoms with van der Waals surface area (Å²) in [6, 6.07) is 2.06. The molecule has 6 nitrogen and oxygen atoms in total. The third-order valence-electron chi connectivity index (χ3n) is 4.97. The van der Waals surface area contributed by atoms with Crippen molar-refractivity contribution in [3.8, 4) is 0 Å². The maximum Gasteiger partial charge on any atom is 0.410 e. The highest BCUT2D eigenvalue weighted by Crippen LogP contribution is 2.33. The molecule has 2 rings (SSSR count). The molecule has 0 bridgehead atoms. The Labute approximate surface area is 151 Å². The first-order valence-electron chi connectivity index (χ1n) is 9.48. The molecule has 6 heteroatoms. The van der Waals surface area contributed by atoms with Crippen molar-refractivity contribution in [2.45, 2.75) is 72.6 Å². The number of carbonyl (C=O) groups excluding carboxylic acids is 1. The zero-order valence-electron chi connectivity index (χ0n) is 16.5. The molecule has 25 heavy (non-hydrogen) atoms. The van der Waals surface area contributed by atoms with Crippen molar-refractivity contribution in [2.75, 3.05) is 19.6 Å². The van der Waals surface area contributed by atoms with Gasteiger partial charge < -0.3 is 15.0 Å². The number of nitrogens with one attached hydrogen (secondary N) is 1. The smallest absolute Gasteiger partial charge is 0.410 e. The summed E-state index contributed by atoms with van der Waals surface area (Å²) in [5.41, 5.74) is 0.875. The SMILES string of the molecule is CCn1nccc1CNCC1(CC)CCCN(C(=O)OC(C)(C)C)C1. The molecule has 1 unspecified atom stereocenters. The van der Waals surface area contributed by atoms with E-state index >= 15 is 0 Å². The fourth-order valence-corrected chi connectivity index (χ4v) is 3.50. The van der Waals surface area contributed by atoms with Crippen molar-refractivity contribution in [3.63, 3.8) is 0 Å². The van der Waals surface area contributed by atoms with Gasteiger partial charge in [0.05, 0.1) is 5.69 Å². The highest BCUT2D eigenvalue weighted by molar-refractivity contribution is 5.68. The van der Waals surface area contributed by atoms with Gasteiger partial charge in [-0.2, -0.15) is 5.10 Å². The second-order valence-electron chi connectivity index (χ2n) is 8.10. The average molecular weight is 351 g/mol. The van der Waals surface area contributed by atoms with Gasteiger partial charge in [-0.3, -0.25) is 4.68 Å². The lowest BCUT2D eigenvalue weighted by atomic mass is 9.77. The lowest BCUT2D eigenvalue weighted by Gasteiger charge is -2.43. The van der Waals surface area contributed by atoms with Crippen molar-refractivity contribution in [1.82, 2.24) is 20.0 Å². The number of aryl methyl sites for hydroxylation is 1. The summed E-state index contributed by atoms with van der Waals surface area (Å²) in [5, 5.41) is 7.91. The standard InChI is InChI=1S/C19H34N4O2/c1-6-19(14-20-13-16-9-11-21-23(16)7-2)10-8-12-22(15-19)17(24)25-18(3,4)5/h9,11,20H,6-8,10,12-15H2,1-5H3. The van der Waals surface area contributed by atoms with E-state index in [1.807, 2.05) is 36.5 Å². The van der Waals surface area contributed by atoms with E-state index in [1.54, 1.807) is 0 Å². The number of likely N-dealkylation sites (tertiary alicyclic amines) is 1. The number of carbonyl (C=O) groups is 1. The predicted molar refractivity (Wildman–Crippen MR) is 99.4 cm³/mol. The fraction of sp³-hybridized carbons (Fsp3) is 0.789. The van der Waals surface area contributed by atoms with Gasteiger partial charge in [-0.05, 0) is 53.0 Å². The molecule has 0 saturated carbocycles. The molecule has 2 heterocycles. The minimum Gasteiger partial charge on any atom is -0.444 e. The van der Waals surface area contributed by atoms with Gasteiger partial charge in [-0.15, -0.1) is 0 Å². The highest BCUT2D eigenvalue weighted by Gasteiger charge is 2.37. The van der Waals surface area contributed by atoms with Crippen molar-refractivity contribution in [3.05, 3.63) is 18.0 Å². The van der Waals surface area contributed by atoms with E-state index in [1.165, 1.54) is 5.69 Å². The summed E-state index contributed by atoms with van der Waals surface area (Å²) in [6.45, 7) is 14.2. The van der Waals surface area contributed by atoms with Crippen LogP contribution in [0.3, 0.4) is 0 Å². The van der Waals surface area contributed by atoms with E-state index < -0.39 is 5.60 Å². The van der Waals surface area contributed by atoms with Crippen LogP contribution < -0.4 is 5.32 Å². The van der Waals surface area contributed by atoms with Crippen molar-refractivity contribution < 1.29 is 9.53 Å². The third kappa shape index (κ3) is 5.46. The number of nitrogens with zero attached hydrogens (tertiary/aromatic N) is 3. The van der Waals surface area contributed by atoms with E-state index in [0.717, 1.165) is 52.0 Å². The van der Waals surface area contributed by atoms with Crippen LogP contribution >= 0.6 is 0 Å². The molecule has 1 aliphatic rings. The number of rotatable bonds is 6. The van der Waals surface area contributed by atoms with Crippen molar-refractivity contribution in [1.29, 1.82) is 0 Å². The first-order valence-corrected chi connectivity index (χ1v) is 9.48. The second-order valence-corrected chi connectivity index (χ2v) is 8.10. The van der Waals surface area contributed by atoms with Gasteiger partial charge in [0.1, 0.15) is 5.60 Å². The topological polar surface area (TPSA) is 59.4 Å². The largest absolute Gasteiger partial charge is 0.444 e. The fourth-order valence-electron chi connectivity index (χ4n) is 3.50. The molecule has 1 aliphatic heterocycles. The van der Waals surface area contributed by atoms with E-state index in [9.17, 15) is 4.79 Å². The molecule has 1 aromatic rings. The molecule has 142 valence electrons. The summed E-state index contributed by atoms with van der Waals surface area (Å²) in [4.78, 5) is 14.3. The van der Waals surface area contributed by atoms with Crippen LogP contribution in [0.15, 0.2) is 12.3 Å². The molecule has 1 saturated heterocycles. The number of hydrogen-bond donors (Lipinski definition) is 1. The van der Waals surface area contributed by atoms with Gasteiger partial charge >= 0.3 is 6.09 Å². The van der Waals surface area contributed by atoms with Gasteiger partial charge in [0.2, 0.25) is 0 Å². The second kappa shape index (κ2) is 8.21. The minimum atomic E-state index is -0.444. The Bertz CT molecular complexity index is 564. The van der Waals surface area contributed by atoms with Gasteiger partial charge in [0, 0.05) is 44.3 Å². The summed E-state index contributed by atoms with van der Waals surface area (Å²) in [6.07, 6.45) is 4.88. The Morgan fingerprint density at radius 2 is 2.16 bits per heavy atom. The summed E-state index contributed by atoms with van der Waals surface area (Å²) in [5.74, 6) is 0. The number of aromatic nitrogens is 2. The number of piperidine rings is 1. The van der Waals surface area contributed by atoms with E-state index in [0.29, 0.717) is 0 Å². The molecule has 0 aliphatic carbocycles. The summed E-state index contributed by atoms with van der Waals surface area (Å²) < 4.78 is 7.58. The monoisotopic (exact) mass is 350 g/mol. The summed E-state index contributed by atoms with van der Waals surface area (Å²) in [7, 11) is 0. The molecule has 0 spiro atoms. The van der Waals surface area contributed by atoms with Gasteiger partial charge in [-0.25, -0.2) is 4.79 Å². The Kier molecular flexibility index (Phi) is 6.49. The Hall–Kier alpha value is -1.56. The maximum absolute atomic E-state index is 12.4. The van der Waals surface area contributed by atoms with Gasteiger partial charge in [0.15, 0.2) is 0 Å². The van der Waals surface area contributed by atoms with Crippen LogP contribution in [0.1, 0.15) is 59.6 Å². The zero-order valence-corrected chi connectivity index (χ0v) is 16.5. The van der Waals surface area contributed by atoms with Crippen LogP contribution in [0, 0.1) is 5.41 Å². The average Bonchev–Trinajstić information content (AvgIpc) is 3.01. The van der Waals surface area contributed by atoms with Crippen molar-refractivity contribution >= 4 is 6.09 Å². The summed E-state index contributed by atoms with van der Waals surface area (Å²) >= 11 is 0. The lowest BCUT2D eigenvalue weighted by molar-refractivity contribution is 0.00329. The predicted octanol–water partition coefficient (Wildman–Crippen LogP) is 3.42. The van der Waals surface area contributed by atoms with E-state index in [-0.39, 0.29) is 11.5 Å². The van der Waals surface area contributed by atoms with Crippen LogP contribution in [0.2, 0.25) is 0 Å². The molecule has 1 atom stereocenters. The maximum atomic E-state index is 12.4. The molecule has 1 fully saturated rings. The molecule has 0 radical (unpaired) electrons. The molecular formula is C19H34N4O2. The first-order chi connectivity index (χ1) is 11.8. The molecular weight excluding hydrogens is 316 g/mol. The molecule has 1 aromatic heterocycles. The quantitative estimate of drug-likeness (QED) is 0.854. The number of ether oxygens (including phenoxy) is 1. The highest BCUT2D eigenvalue weighted by atomic mass is 16.6. The number of amides is 1. The van der Waals surface area contributed by atoms with E-state index in [4.69, 9.17) is 4.74 Å². The van der Waals surface area contributed by atoms with Crippen LogP contribution in [-0.2, 0) is 17.8 Å². The van der Waals surface area contributed by atoms with E-state index in [2.05, 4.69) is 30.3 Å². The van der Waals surface area contributed by atoms with Crippen LogP contribution in [0.4, 0.5) is 4.79 Å². The molecule has 0 aromatic carbocycles. The van der Waals surface area contributed by atoms with Crippen LogP contribution in [0.25, 0.3) is 0 Å². The minimum absolute atomic E-state index is 0.117. The van der Waals surface area contributed by atoms with Gasteiger partial charge in [-0.1, -0.05) is 6.92 Å². The van der Waals surface area contributed by atoms with Crippen LogP contribution in [0.5, 0.6) is 0 Å². The third-order valence-corrected chi connectivity index (χ3v) is 4.97. The first kappa shape index (κ1) is 19.8. The van der Waals surface area contributed by atoms with Crippen molar-refractivity contribution in [2.24, 2.45) is 5.41 Å². The molecule has 1 N–H and O–H groups in total.